The predicted octanol–water partition coefficient (Wildman–Crippen LogP) is -0.958. The first-order valence-corrected chi connectivity index (χ1v) is 1.85. The van der Waals surface area contributed by atoms with Crippen molar-refractivity contribution in [3.8, 4) is 0 Å². The van der Waals surface area contributed by atoms with Gasteiger partial charge in [0.05, 0.1) is 0 Å². The number of aromatic nitrogens is 1. The molecule has 0 saturated heterocycles. The molecule has 0 aliphatic rings. The number of rotatable bonds is 0. The van der Waals surface area contributed by atoms with Gasteiger partial charge in [-0.1, -0.05) is 6.07 Å². The third-order valence-corrected chi connectivity index (χ3v) is 0.566. The van der Waals surface area contributed by atoms with Gasteiger partial charge in [0.15, 0.2) is 0 Å². The zero-order valence-corrected chi connectivity index (χ0v) is 9.80. The van der Waals surface area contributed by atoms with Crippen LogP contribution in [0.15, 0.2) is 30.6 Å². The van der Waals surface area contributed by atoms with E-state index in [1.807, 2.05) is 18.2 Å². The van der Waals surface area contributed by atoms with Gasteiger partial charge in [-0.05, 0) is 12.1 Å². The molecule has 0 amide bonds. The van der Waals surface area contributed by atoms with Crippen LogP contribution < -0.4 is 18.9 Å². The van der Waals surface area contributed by atoms with E-state index in [1.54, 1.807) is 12.4 Å². The van der Waals surface area contributed by atoms with Gasteiger partial charge in [0.1, 0.15) is 0 Å². The smallest absolute Gasteiger partial charge is 1.00 e. The molecule has 0 atom stereocenters. The van der Waals surface area contributed by atoms with E-state index in [2.05, 4.69) is 4.98 Å². The number of halogens is 2. The molecule has 0 spiro atoms. The van der Waals surface area contributed by atoms with Gasteiger partial charge in [-0.3, -0.25) is 4.98 Å². The predicted molar refractivity (Wildman–Crippen MR) is 50.9 cm³/mol. The second-order valence-electron chi connectivity index (χ2n) is 1.02. The van der Waals surface area contributed by atoms with Crippen molar-refractivity contribution in [1.82, 2.24) is 4.98 Å². The molecule has 5 heteroatoms. The third kappa shape index (κ3) is 12.0. The Morgan fingerprint density at radius 2 is 1.40 bits per heavy atom. The zero-order valence-electron chi connectivity index (χ0n) is 8.86. The van der Waals surface area contributed by atoms with Crippen molar-refractivity contribution in [2.75, 3.05) is 0 Å². The van der Waals surface area contributed by atoms with Gasteiger partial charge in [0.25, 0.3) is 0 Å². The maximum atomic E-state index is 3.78. The first-order valence-electron chi connectivity index (χ1n) is 1.85. The van der Waals surface area contributed by atoms with Crippen LogP contribution >= 0.6 is 29.4 Å². The van der Waals surface area contributed by atoms with Crippen molar-refractivity contribution in [3.63, 3.8) is 0 Å². The molecule has 0 radical (unpaired) electrons. The molecule has 0 fully saturated rings. The SMILES string of the molecule is Br.Cl.[H-].[H-].[H-].[Li+].[Mg+2].c1ccncc1. The largest absolute Gasteiger partial charge is 2.00 e. The van der Waals surface area contributed by atoms with Crippen molar-refractivity contribution < 1.29 is 23.1 Å². The van der Waals surface area contributed by atoms with Crippen LogP contribution in [0.3, 0.4) is 0 Å². The zero-order chi connectivity index (χ0) is 4.24. The van der Waals surface area contributed by atoms with Gasteiger partial charge in [-0.2, -0.15) is 0 Å². The van der Waals surface area contributed by atoms with Gasteiger partial charge in [0, 0.05) is 12.4 Å². The summed E-state index contributed by atoms with van der Waals surface area (Å²) in [5.74, 6) is 0. The Labute approximate surface area is 110 Å². The molecule has 0 aliphatic carbocycles. The van der Waals surface area contributed by atoms with Gasteiger partial charge in [-0.15, -0.1) is 29.4 Å². The quantitative estimate of drug-likeness (QED) is 0.524. The summed E-state index contributed by atoms with van der Waals surface area (Å²) in [7, 11) is 0. The molecule has 1 nitrogen and oxygen atoms in total. The number of pyridine rings is 1. The summed E-state index contributed by atoms with van der Waals surface area (Å²) in [6.45, 7) is 0. The molecule has 0 aliphatic heterocycles. The van der Waals surface area contributed by atoms with E-state index in [0.29, 0.717) is 0 Å². The second-order valence-corrected chi connectivity index (χ2v) is 1.02. The Kier molecular flexibility index (Phi) is 37.6. The molecule has 0 unspecified atom stereocenters. The molecule has 0 N–H and O–H groups in total. The van der Waals surface area contributed by atoms with Crippen LogP contribution in [0.1, 0.15) is 4.28 Å². The summed E-state index contributed by atoms with van der Waals surface area (Å²) in [5.41, 5.74) is 0. The molecule has 1 rings (SSSR count). The summed E-state index contributed by atoms with van der Waals surface area (Å²) in [6.07, 6.45) is 3.50. The molecule has 1 aromatic heterocycles. The number of hydrogen-bond donors (Lipinski definition) is 0. The van der Waals surface area contributed by atoms with Crippen LogP contribution in [0.25, 0.3) is 0 Å². The number of hydrogen-bond acceptors (Lipinski definition) is 1. The Balaban J connectivity index is -0.0000000103. The topological polar surface area (TPSA) is 12.9 Å². The first kappa shape index (κ1) is 22.5. The first-order chi connectivity index (χ1) is 3.00. The van der Waals surface area contributed by atoms with Crippen LogP contribution in [0.4, 0.5) is 0 Å². The molecule has 0 aromatic carbocycles. The van der Waals surface area contributed by atoms with Crippen molar-refractivity contribution in [2.24, 2.45) is 0 Å². The maximum Gasteiger partial charge on any atom is 2.00 e. The number of nitrogens with zero attached hydrogens (tertiary/aromatic N) is 1. The molecule has 1 aromatic rings. The molecule has 0 bridgehead atoms. The molecule has 1 heterocycles. The molecule has 0 saturated carbocycles. The third-order valence-electron chi connectivity index (χ3n) is 0.566. The van der Waals surface area contributed by atoms with Crippen molar-refractivity contribution in [3.05, 3.63) is 30.6 Å². The van der Waals surface area contributed by atoms with Crippen molar-refractivity contribution in [2.45, 2.75) is 0 Å². The van der Waals surface area contributed by atoms with E-state index >= 15 is 0 Å². The Morgan fingerprint density at radius 3 is 1.50 bits per heavy atom. The normalized spacial score (nSPS) is 4.80. The summed E-state index contributed by atoms with van der Waals surface area (Å²) < 4.78 is 0. The van der Waals surface area contributed by atoms with E-state index in [-0.39, 0.29) is 75.6 Å². The molecule has 52 valence electrons. The van der Waals surface area contributed by atoms with Gasteiger partial charge < -0.3 is 4.28 Å². The van der Waals surface area contributed by atoms with Crippen LogP contribution in [0, 0.1) is 0 Å². The van der Waals surface area contributed by atoms with Crippen LogP contribution in [-0.2, 0) is 0 Å². The minimum Gasteiger partial charge on any atom is -1.00 e. The van der Waals surface area contributed by atoms with Gasteiger partial charge in [0.2, 0.25) is 0 Å². The fourth-order valence-corrected chi connectivity index (χ4v) is 0.313. The minimum absolute atomic E-state index is 0. The minimum atomic E-state index is 0. The summed E-state index contributed by atoms with van der Waals surface area (Å²) in [5, 5.41) is 0. The van der Waals surface area contributed by atoms with E-state index < -0.39 is 0 Å². The standard InChI is InChI=1S/C5H5N.BrH.ClH.Li.Mg.3H/c1-2-4-6-5-3-1;;;;;;;/h1-5H;2*1H;;;;;/q;;;+1;+2;3*-1. The Morgan fingerprint density at radius 1 is 1.00 bits per heavy atom. The molecular formula is C5H10BrClLiMgN. The maximum absolute atomic E-state index is 3.78. The Bertz CT molecular complexity index is 104. The second kappa shape index (κ2) is 16.7. The van der Waals surface area contributed by atoms with Crippen molar-refractivity contribution in [1.29, 1.82) is 0 Å². The average molecular weight is 231 g/mol. The average Bonchev–Trinajstić information content (AvgIpc) is 1.72. The van der Waals surface area contributed by atoms with Gasteiger partial charge in [-0.25, -0.2) is 0 Å². The summed E-state index contributed by atoms with van der Waals surface area (Å²) >= 11 is 0. The molecular weight excluding hydrogens is 221 g/mol. The Hall–Kier alpha value is 1.28. The summed E-state index contributed by atoms with van der Waals surface area (Å²) in [6, 6.07) is 5.72. The fraction of sp³-hybridized carbons (Fsp3) is 0. The summed E-state index contributed by atoms with van der Waals surface area (Å²) in [4.78, 5) is 3.78. The fourth-order valence-electron chi connectivity index (χ4n) is 0.313. The van der Waals surface area contributed by atoms with Crippen LogP contribution in [0.5, 0.6) is 0 Å². The van der Waals surface area contributed by atoms with E-state index in [9.17, 15) is 0 Å². The van der Waals surface area contributed by atoms with E-state index in [0.717, 1.165) is 0 Å². The van der Waals surface area contributed by atoms with E-state index in [4.69, 9.17) is 0 Å². The molecule has 10 heavy (non-hydrogen) atoms. The van der Waals surface area contributed by atoms with Gasteiger partial charge >= 0.3 is 41.9 Å². The van der Waals surface area contributed by atoms with Crippen LogP contribution in [0.2, 0.25) is 0 Å². The van der Waals surface area contributed by atoms with Crippen LogP contribution in [-0.4, -0.2) is 28.0 Å². The monoisotopic (exact) mass is 229 g/mol. The van der Waals surface area contributed by atoms with Crippen molar-refractivity contribution >= 4 is 52.4 Å². The van der Waals surface area contributed by atoms with E-state index in [1.165, 1.54) is 0 Å².